The maximum atomic E-state index is 12.0. The van der Waals surface area contributed by atoms with E-state index < -0.39 is 12.5 Å². The molecule has 0 saturated carbocycles. The summed E-state index contributed by atoms with van der Waals surface area (Å²) in [6, 6.07) is 2.33. The summed E-state index contributed by atoms with van der Waals surface area (Å²) in [6.45, 7) is 1.87. The SMILES string of the molecule is Cc1ccc([C@@H](N)C(F)F)s1.Cl. The molecule has 0 fully saturated rings. The lowest BCUT2D eigenvalue weighted by molar-refractivity contribution is 0.118. The fourth-order valence-corrected chi connectivity index (χ4v) is 1.64. The van der Waals surface area contributed by atoms with Crippen LogP contribution in [0.2, 0.25) is 0 Å². The van der Waals surface area contributed by atoms with Crippen LogP contribution in [-0.4, -0.2) is 6.43 Å². The number of alkyl halides is 2. The van der Waals surface area contributed by atoms with Crippen LogP contribution in [0.4, 0.5) is 8.78 Å². The first-order valence-electron chi connectivity index (χ1n) is 3.21. The lowest BCUT2D eigenvalue weighted by Gasteiger charge is -2.06. The number of thiophene rings is 1. The summed E-state index contributed by atoms with van der Waals surface area (Å²) in [7, 11) is 0. The highest BCUT2D eigenvalue weighted by atomic mass is 35.5. The third-order valence-corrected chi connectivity index (χ3v) is 2.46. The second-order valence-electron chi connectivity index (χ2n) is 2.31. The van der Waals surface area contributed by atoms with E-state index in [-0.39, 0.29) is 12.4 Å². The fourth-order valence-electron chi connectivity index (χ4n) is 0.757. The molecule has 0 aromatic carbocycles. The fraction of sp³-hybridized carbons (Fsp3) is 0.429. The van der Waals surface area contributed by atoms with Crippen molar-refractivity contribution in [3.8, 4) is 0 Å². The van der Waals surface area contributed by atoms with E-state index in [0.717, 1.165) is 4.88 Å². The Kier molecular flexibility index (Phi) is 4.67. The molecule has 1 atom stereocenters. The van der Waals surface area contributed by atoms with E-state index in [1.165, 1.54) is 11.3 Å². The van der Waals surface area contributed by atoms with Gasteiger partial charge in [-0.15, -0.1) is 23.7 Å². The summed E-state index contributed by atoms with van der Waals surface area (Å²) in [5.41, 5.74) is 5.21. The van der Waals surface area contributed by atoms with Crippen LogP contribution in [0.15, 0.2) is 12.1 Å². The van der Waals surface area contributed by atoms with Crippen LogP contribution in [0.25, 0.3) is 0 Å². The van der Waals surface area contributed by atoms with E-state index in [0.29, 0.717) is 4.88 Å². The Morgan fingerprint density at radius 3 is 2.33 bits per heavy atom. The molecule has 0 aliphatic rings. The van der Waals surface area contributed by atoms with Gasteiger partial charge in [-0.25, -0.2) is 8.78 Å². The number of rotatable bonds is 2. The Hall–Kier alpha value is -0.190. The molecule has 2 N–H and O–H groups in total. The van der Waals surface area contributed by atoms with Crippen LogP contribution in [0.5, 0.6) is 0 Å². The van der Waals surface area contributed by atoms with Gasteiger partial charge in [-0.1, -0.05) is 0 Å². The zero-order valence-corrected chi connectivity index (χ0v) is 8.09. The molecule has 0 aliphatic heterocycles. The van der Waals surface area contributed by atoms with Crippen molar-refractivity contribution in [1.29, 1.82) is 0 Å². The first-order valence-corrected chi connectivity index (χ1v) is 4.03. The molecule has 70 valence electrons. The second-order valence-corrected chi connectivity index (χ2v) is 3.63. The summed E-state index contributed by atoms with van der Waals surface area (Å²) in [5.74, 6) is 0. The van der Waals surface area contributed by atoms with Crippen molar-refractivity contribution < 1.29 is 8.78 Å². The molecule has 1 aromatic heterocycles. The Morgan fingerprint density at radius 2 is 2.00 bits per heavy atom. The van der Waals surface area contributed by atoms with Crippen molar-refractivity contribution >= 4 is 23.7 Å². The van der Waals surface area contributed by atoms with Gasteiger partial charge in [-0.2, -0.15) is 0 Å². The third kappa shape index (κ3) is 2.69. The third-order valence-electron chi connectivity index (χ3n) is 1.36. The highest BCUT2D eigenvalue weighted by Crippen LogP contribution is 2.24. The number of nitrogens with two attached hydrogens (primary N) is 1. The molecular formula is C7H10ClF2NS. The number of hydrogen-bond donors (Lipinski definition) is 1. The molecule has 1 nitrogen and oxygen atoms in total. The van der Waals surface area contributed by atoms with Crippen LogP contribution < -0.4 is 5.73 Å². The summed E-state index contributed by atoms with van der Waals surface area (Å²) in [4.78, 5) is 1.56. The summed E-state index contributed by atoms with van der Waals surface area (Å²) in [5, 5.41) is 0. The first-order chi connectivity index (χ1) is 5.11. The molecular weight excluding hydrogens is 204 g/mol. The molecule has 12 heavy (non-hydrogen) atoms. The smallest absolute Gasteiger partial charge is 0.258 e. The standard InChI is InChI=1S/C7H9F2NS.ClH/c1-4-2-3-5(11-4)6(10)7(8)9;/h2-3,6-7H,10H2,1H3;1H/t6-;/m1./s1. The average molecular weight is 214 g/mol. The highest BCUT2D eigenvalue weighted by Gasteiger charge is 2.18. The highest BCUT2D eigenvalue weighted by molar-refractivity contribution is 7.12. The Bertz CT molecular complexity index is 239. The van der Waals surface area contributed by atoms with E-state index in [9.17, 15) is 8.78 Å². The van der Waals surface area contributed by atoms with E-state index >= 15 is 0 Å². The van der Waals surface area contributed by atoms with E-state index in [2.05, 4.69) is 0 Å². The van der Waals surface area contributed by atoms with Gasteiger partial charge in [0, 0.05) is 9.75 Å². The monoisotopic (exact) mass is 213 g/mol. The van der Waals surface area contributed by atoms with Gasteiger partial charge in [0.1, 0.15) is 6.04 Å². The molecule has 1 heterocycles. The first kappa shape index (κ1) is 11.8. The van der Waals surface area contributed by atoms with Gasteiger partial charge >= 0.3 is 0 Å². The Morgan fingerprint density at radius 1 is 1.42 bits per heavy atom. The Labute approximate surface area is 80.0 Å². The molecule has 0 spiro atoms. The topological polar surface area (TPSA) is 26.0 Å². The van der Waals surface area contributed by atoms with Crippen molar-refractivity contribution in [1.82, 2.24) is 0 Å². The maximum Gasteiger partial charge on any atom is 0.258 e. The normalized spacial score (nSPS) is 12.8. The molecule has 0 aliphatic carbocycles. The molecule has 0 bridgehead atoms. The predicted molar refractivity (Wildman–Crippen MR) is 49.2 cm³/mol. The molecule has 0 amide bonds. The van der Waals surface area contributed by atoms with Crippen LogP contribution >= 0.6 is 23.7 Å². The lowest BCUT2D eigenvalue weighted by Crippen LogP contribution is -2.17. The average Bonchev–Trinajstić information content (AvgIpc) is 2.34. The number of aryl methyl sites for hydroxylation is 1. The van der Waals surface area contributed by atoms with Gasteiger partial charge in [-0.3, -0.25) is 0 Å². The van der Waals surface area contributed by atoms with Crippen LogP contribution in [0.1, 0.15) is 15.8 Å². The zero-order chi connectivity index (χ0) is 8.43. The molecule has 0 saturated heterocycles. The summed E-state index contributed by atoms with van der Waals surface area (Å²) < 4.78 is 24.0. The quantitative estimate of drug-likeness (QED) is 0.803. The zero-order valence-electron chi connectivity index (χ0n) is 6.46. The lowest BCUT2D eigenvalue weighted by atomic mass is 10.3. The molecule has 5 heteroatoms. The van der Waals surface area contributed by atoms with Crippen LogP contribution in [0, 0.1) is 6.92 Å². The van der Waals surface area contributed by atoms with Crippen molar-refractivity contribution in [3.63, 3.8) is 0 Å². The number of halogens is 3. The predicted octanol–water partition coefficient (Wildman–Crippen LogP) is 2.74. The van der Waals surface area contributed by atoms with E-state index in [1.54, 1.807) is 12.1 Å². The van der Waals surface area contributed by atoms with Crippen LogP contribution in [-0.2, 0) is 0 Å². The maximum absolute atomic E-state index is 12.0. The second kappa shape index (κ2) is 4.74. The van der Waals surface area contributed by atoms with Gasteiger partial charge < -0.3 is 5.73 Å². The largest absolute Gasteiger partial charge is 0.319 e. The van der Waals surface area contributed by atoms with E-state index in [4.69, 9.17) is 5.73 Å². The molecule has 1 rings (SSSR count). The molecule has 0 radical (unpaired) electrons. The van der Waals surface area contributed by atoms with Crippen molar-refractivity contribution in [2.45, 2.75) is 19.4 Å². The number of hydrogen-bond acceptors (Lipinski definition) is 2. The minimum atomic E-state index is -2.46. The van der Waals surface area contributed by atoms with E-state index in [1.807, 2.05) is 6.92 Å². The van der Waals surface area contributed by atoms with Crippen molar-refractivity contribution in [2.75, 3.05) is 0 Å². The van der Waals surface area contributed by atoms with Gasteiger partial charge in [0.05, 0.1) is 0 Å². The van der Waals surface area contributed by atoms with Crippen LogP contribution in [0.3, 0.4) is 0 Å². The van der Waals surface area contributed by atoms with Gasteiger partial charge in [0.2, 0.25) is 0 Å². The molecule has 1 aromatic rings. The minimum Gasteiger partial charge on any atom is -0.319 e. The summed E-state index contributed by atoms with van der Waals surface area (Å²) >= 11 is 1.32. The van der Waals surface area contributed by atoms with Crippen molar-refractivity contribution in [2.24, 2.45) is 5.73 Å². The van der Waals surface area contributed by atoms with Gasteiger partial charge in [0.25, 0.3) is 6.43 Å². The Balaban J connectivity index is 0.00000121. The van der Waals surface area contributed by atoms with Gasteiger partial charge in [0.15, 0.2) is 0 Å². The van der Waals surface area contributed by atoms with Gasteiger partial charge in [-0.05, 0) is 19.1 Å². The molecule has 0 unspecified atom stereocenters. The minimum absolute atomic E-state index is 0. The summed E-state index contributed by atoms with van der Waals surface area (Å²) in [6.07, 6.45) is -2.46. The van der Waals surface area contributed by atoms with Crippen molar-refractivity contribution in [3.05, 3.63) is 21.9 Å².